The molecule has 4 nitrogen and oxygen atoms in total. The Bertz CT molecular complexity index is 489. The van der Waals surface area contributed by atoms with E-state index in [0.717, 1.165) is 17.7 Å². The Balaban J connectivity index is 2.73. The zero-order chi connectivity index (χ0) is 15.1. The van der Waals surface area contributed by atoms with Gasteiger partial charge >= 0.3 is 5.97 Å². The second kappa shape index (κ2) is 7.85. The van der Waals surface area contributed by atoms with Crippen LogP contribution in [0.25, 0.3) is 0 Å². The summed E-state index contributed by atoms with van der Waals surface area (Å²) in [4.78, 5) is 11.6. The number of thiocarbonyl (C=S) groups is 1. The fraction of sp³-hybridized carbons (Fsp3) is 0.467. The van der Waals surface area contributed by atoms with Crippen LogP contribution in [0.15, 0.2) is 18.2 Å². The van der Waals surface area contributed by atoms with Gasteiger partial charge in [-0.05, 0) is 63.2 Å². The van der Waals surface area contributed by atoms with Gasteiger partial charge in [0.1, 0.15) is 0 Å². The van der Waals surface area contributed by atoms with E-state index in [1.165, 1.54) is 0 Å². The van der Waals surface area contributed by atoms with Gasteiger partial charge in [0.2, 0.25) is 0 Å². The first-order valence-corrected chi connectivity index (χ1v) is 7.24. The lowest BCUT2D eigenvalue weighted by Gasteiger charge is -2.16. The summed E-state index contributed by atoms with van der Waals surface area (Å²) in [5.74, 6) is -0.303. The maximum absolute atomic E-state index is 11.6. The first-order chi connectivity index (χ1) is 9.47. The van der Waals surface area contributed by atoms with Crippen molar-refractivity contribution in [2.75, 3.05) is 11.9 Å². The minimum atomic E-state index is -0.303. The Kier molecular flexibility index (Phi) is 6.45. The van der Waals surface area contributed by atoms with Crippen molar-refractivity contribution in [3.8, 4) is 0 Å². The van der Waals surface area contributed by atoms with E-state index < -0.39 is 0 Å². The first kappa shape index (κ1) is 16.4. The molecule has 0 bridgehead atoms. The Morgan fingerprint density at radius 2 is 2.10 bits per heavy atom. The minimum Gasteiger partial charge on any atom is -0.462 e. The van der Waals surface area contributed by atoms with E-state index in [2.05, 4.69) is 24.5 Å². The highest BCUT2D eigenvalue weighted by Gasteiger charge is 2.09. The molecule has 0 saturated carbocycles. The molecular weight excluding hydrogens is 272 g/mol. The van der Waals surface area contributed by atoms with Gasteiger partial charge in [-0.15, -0.1) is 0 Å². The normalized spacial score (nSPS) is 11.6. The molecular formula is C15H22N2O2S. The number of carbonyl (C=O) groups is 1. The van der Waals surface area contributed by atoms with Gasteiger partial charge in [-0.2, -0.15) is 0 Å². The number of anilines is 1. The van der Waals surface area contributed by atoms with Crippen molar-refractivity contribution < 1.29 is 9.53 Å². The highest BCUT2D eigenvalue weighted by Crippen LogP contribution is 2.17. The molecule has 0 aromatic heterocycles. The Morgan fingerprint density at radius 3 is 2.65 bits per heavy atom. The number of benzene rings is 1. The molecule has 5 heteroatoms. The molecule has 0 spiro atoms. The fourth-order valence-electron chi connectivity index (χ4n) is 1.63. The summed E-state index contributed by atoms with van der Waals surface area (Å²) in [7, 11) is 0. The van der Waals surface area contributed by atoms with Crippen LogP contribution in [-0.4, -0.2) is 23.7 Å². The number of esters is 1. The average molecular weight is 294 g/mol. The van der Waals surface area contributed by atoms with Gasteiger partial charge in [-0.25, -0.2) is 4.79 Å². The Morgan fingerprint density at radius 1 is 1.40 bits per heavy atom. The van der Waals surface area contributed by atoms with Crippen LogP contribution < -0.4 is 10.6 Å². The standard InChI is InChI=1S/C15H22N2O2S/c1-5-11(4)16-15(20)17-13-8-7-12(9-10(13)3)14(18)19-6-2/h7-9,11H,5-6H2,1-4H3,(H2,16,17,20)/t11-/m0/s1. The molecule has 0 aliphatic carbocycles. The average Bonchev–Trinajstić information content (AvgIpc) is 2.41. The number of carbonyl (C=O) groups excluding carboxylic acids is 1. The van der Waals surface area contributed by atoms with Crippen LogP contribution in [-0.2, 0) is 4.74 Å². The zero-order valence-corrected chi connectivity index (χ0v) is 13.3. The van der Waals surface area contributed by atoms with E-state index in [0.29, 0.717) is 23.3 Å². The van der Waals surface area contributed by atoms with Gasteiger partial charge in [0, 0.05) is 11.7 Å². The molecule has 0 amide bonds. The van der Waals surface area contributed by atoms with Crippen LogP contribution in [0, 0.1) is 6.92 Å². The van der Waals surface area contributed by atoms with E-state index in [-0.39, 0.29) is 5.97 Å². The molecule has 1 atom stereocenters. The second-order valence-electron chi connectivity index (χ2n) is 4.66. The summed E-state index contributed by atoms with van der Waals surface area (Å²) in [6.07, 6.45) is 1.00. The fourth-order valence-corrected chi connectivity index (χ4v) is 1.94. The van der Waals surface area contributed by atoms with Crippen LogP contribution in [0.2, 0.25) is 0 Å². The summed E-state index contributed by atoms with van der Waals surface area (Å²) in [5.41, 5.74) is 2.39. The van der Waals surface area contributed by atoms with Crippen molar-refractivity contribution in [3.63, 3.8) is 0 Å². The summed E-state index contributed by atoms with van der Waals surface area (Å²) >= 11 is 5.25. The quantitative estimate of drug-likeness (QED) is 0.645. The van der Waals surface area contributed by atoms with Gasteiger partial charge in [0.25, 0.3) is 0 Å². The van der Waals surface area contributed by atoms with Gasteiger partial charge in [-0.1, -0.05) is 6.92 Å². The molecule has 110 valence electrons. The molecule has 0 aliphatic heterocycles. The Labute approximate surface area is 125 Å². The molecule has 0 fully saturated rings. The van der Waals surface area contributed by atoms with Crippen molar-refractivity contribution in [1.82, 2.24) is 5.32 Å². The number of hydrogen-bond donors (Lipinski definition) is 2. The molecule has 20 heavy (non-hydrogen) atoms. The lowest BCUT2D eigenvalue weighted by Crippen LogP contribution is -2.35. The maximum atomic E-state index is 11.6. The molecule has 1 aromatic carbocycles. The van der Waals surface area contributed by atoms with Crippen LogP contribution >= 0.6 is 12.2 Å². The van der Waals surface area contributed by atoms with Crippen LogP contribution in [0.1, 0.15) is 43.1 Å². The summed E-state index contributed by atoms with van der Waals surface area (Å²) in [6, 6.07) is 5.70. The van der Waals surface area contributed by atoms with Gasteiger partial charge in [0.15, 0.2) is 5.11 Å². The molecule has 0 unspecified atom stereocenters. The van der Waals surface area contributed by atoms with Crippen molar-refractivity contribution in [2.45, 2.75) is 40.2 Å². The molecule has 1 aromatic rings. The van der Waals surface area contributed by atoms with Gasteiger partial charge in [-0.3, -0.25) is 0 Å². The number of ether oxygens (including phenoxy) is 1. The molecule has 2 N–H and O–H groups in total. The second-order valence-corrected chi connectivity index (χ2v) is 5.07. The van der Waals surface area contributed by atoms with Crippen molar-refractivity contribution >= 4 is 29.0 Å². The van der Waals surface area contributed by atoms with Gasteiger partial charge < -0.3 is 15.4 Å². The highest BCUT2D eigenvalue weighted by molar-refractivity contribution is 7.80. The summed E-state index contributed by atoms with van der Waals surface area (Å²) in [5, 5.41) is 6.92. The first-order valence-electron chi connectivity index (χ1n) is 6.83. The van der Waals surface area contributed by atoms with Crippen LogP contribution in [0.5, 0.6) is 0 Å². The molecule has 0 radical (unpaired) electrons. The zero-order valence-electron chi connectivity index (χ0n) is 12.4. The summed E-state index contributed by atoms with van der Waals surface area (Å²) in [6.45, 7) is 8.27. The highest BCUT2D eigenvalue weighted by atomic mass is 32.1. The minimum absolute atomic E-state index is 0.303. The maximum Gasteiger partial charge on any atom is 0.338 e. The van der Waals surface area contributed by atoms with Crippen molar-refractivity contribution in [1.29, 1.82) is 0 Å². The third-order valence-corrected chi connectivity index (χ3v) is 3.20. The molecule has 0 aliphatic rings. The molecule has 1 rings (SSSR count). The third-order valence-electron chi connectivity index (χ3n) is 2.98. The SMILES string of the molecule is CCOC(=O)c1ccc(NC(=S)N[C@@H](C)CC)c(C)c1. The third kappa shape index (κ3) is 4.81. The van der Waals surface area contributed by atoms with Crippen molar-refractivity contribution in [2.24, 2.45) is 0 Å². The number of aryl methyl sites for hydroxylation is 1. The predicted octanol–water partition coefficient (Wildman–Crippen LogP) is 3.26. The van der Waals surface area contributed by atoms with Crippen molar-refractivity contribution in [3.05, 3.63) is 29.3 Å². The predicted molar refractivity (Wildman–Crippen MR) is 86.2 cm³/mol. The monoisotopic (exact) mass is 294 g/mol. The van der Waals surface area contributed by atoms with E-state index in [1.807, 2.05) is 13.0 Å². The number of nitrogens with one attached hydrogen (secondary N) is 2. The van der Waals surface area contributed by atoms with Crippen LogP contribution in [0.3, 0.4) is 0 Å². The van der Waals surface area contributed by atoms with E-state index in [4.69, 9.17) is 17.0 Å². The molecule has 0 heterocycles. The smallest absolute Gasteiger partial charge is 0.338 e. The summed E-state index contributed by atoms with van der Waals surface area (Å²) < 4.78 is 4.97. The topological polar surface area (TPSA) is 50.4 Å². The largest absolute Gasteiger partial charge is 0.462 e. The number of rotatable bonds is 5. The van der Waals surface area contributed by atoms with Gasteiger partial charge in [0.05, 0.1) is 12.2 Å². The van der Waals surface area contributed by atoms with E-state index >= 15 is 0 Å². The Hall–Kier alpha value is -1.62. The van der Waals surface area contributed by atoms with Crippen LogP contribution in [0.4, 0.5) is 5.69 Å². The molecule has 0 saturated heterocycles. The van der Waals surface area contributed by atoms with E-state index in [9.17, 15) is 4.79 Å². The van der Waals surface area contributed by atoms with E-state index in [1.54, 1.807) is 19.1 Å². The number of hydrogen-bond acceptors (Lipinski definition) is 3. The lowest BCUT2D eigenvalue weighted by atomic mass is 10.1. The lowest BCUT2D eigenvalue weighted by molar-refractivity contribution is 0.0526.